The Morgan fingerprint density at radius 1 is 0.829 bits per heavy atom. The number of rotatable bonds is 12. The lowest BCUT2D eigenvalue weighted by Crippen LogP contribution is -2.57. The third-order valence-corrected chi connectivity index (χ3v) is 11.8. The number of carbonyl (C=O) groups excluding carboxylic acids is 7. The van der Waals surface area contributed by atoms with E-state index in [1.54, 1.807) is 90.1 Å². The summed E-state index contributed by atoms with van der Waals surface area (Å²) in [4.78, 5) is 124. The Hall–Kier alpha value is -7.99. The van der Waals surface area contributed by atoms with Crippen LogP contribution in [-0.4, -0.2) is 119 Å². The number of ether oxygens (including phenoxy) is 5. The third kappa shape index (κ3) is 8.48. The molecular weight excluding hydrogens is 939 g/mol. The third-order valence-electron chi connectivity index (χ3n) is 11.2. The molecule has 364 valence electrons. The van der Waals surface area contributed by atoms with E-state index in [0.29, 0.717) is 27.6 Å². The van der Waals surface area contributed by atoms with Crippen molar-refractivity contribution in [1.29, 1.82) is 0 Å². The monoisotopic (exact) mass is 981 g/mol. The molecule has 9 rings (SSSR count). The van der Waals surface area contributed by atoms with Gasteiger partial charge in [0, 0.05) is 35.5 Å². The van der Waals surface area contributed by atoms with Crippen LogP contribution >= 0.6 is 11.5 Å². The number of anilines is 1. The van der Waals surface area contributed by atoms with E-state index in [1.807, 2.05) is 12.1 Å². The van der Waals surface area contributed by atoms with Gasteiger partial charge in [0.15, 0.2) is 11.5 Å². The van der Waals surface area contributed by atoms with E-state index < -0.39 is 113 Å². The maximum absolute atomic E-state index is 14.1. The van der Waals surface area contributed by atoms with Gasteiger partial charge in [-0.15, -0.1) is 0 Å². The maximum Gasteiger partial charge on any atom is 0.414 e. The summed E-state index contributed by atoms with van der Waals surface area (Å²) in [5, 5.41) is 19.3. The first kappa shape index (κ1) is 47.1. The summed E-state index contributed by atoms with van der Waals surface area (Å²) in [6.07, 6.45) is -1.53. The number of hydrogen-bond donors (Lipinski definition) is 3. The fraction of sp³-hybridized carbons (Fsp3) is 0.370. The second kappa shape index (κ2) is 16.9. The number of carboxylic acid groups (broad SMARTS) is 1. The average Bonchev–Trinajstić information content (AvgIpc) is 3.61. The topological polar surface area (TPSA) is 290 Å². The normalized spacial score (nSPS) is 22.1. The van der Waals surface area contributed by atoms with Gasteiger partial charge in [-0.2, -0.15) is 14.4 Å². The van der Waals surface area contributed by atoms with Crippen molar-refractivity contribution >= 4 is 70.0 Å². The molecule has 70 heavy (non-hydrogen) atoms. The first-order valence-corrected chi connectivity index (χ1v) is 22.4. The molecule has 23 nitrogen and oxygen atoms in total. The summed E-state index contributed by atoms with van der Waals surface area (Å²) in [5.41, 5.74) is -6.10. The van der Waals surface area contributed by atoms with Gasteiger partial charge in [-0.25, -0.2) is 19.2 Å². The van der Waals surface area contributed by atoms with Crippen LogP contribution in [0.3, 0.4) is 0 Å². The van der Waals surface area contributed by atoms with Crippen LogP contribution in [0.2, 0.25) is 0 Å². The first-order chi connectivity index (χ1) is 33.0. The molecule has 4 aliphatic heterocycles. The Labute approximate surface area is 401 Å². The summed E-state index contributed by atoms with van der Waals surface area (Å²) in [7, 11) is 0. The molecule has 0 radical (unpaired) electrons. The number of amides is 5. The number of cyclic esters (lactones) is 1. The molecule has 3 N–H and O–H groups in total. The van der Waals surface area contributed by atoms with Gasteiger partial charge in [-0.05, 0) is 53.7 Å². The number of aromatic nitrogens is 2. The number of nitrogens with zero attached hydrogens (tertiary/aromatic N) is 5. The van der Waals surface area contributed by atoms with Gasteiger partial charge < -0.3 is 38.9 Å². The van der Waals surface area contributed by atoms with Crippen LogP contribution in [0.4, 0.5) is 9.93 Å². The lowest BCUT2D eigenvalue weighted by atomic mass is 9.97. The molecule has 5 aliphatic rings. The minimum Gasteiger partial charge on any atom is -0.477 e. The van der Waals surface area contributed by atoms with Crippen LogP contribution in [-0.2, 0) is 53.6 Å². The van der Waals surface area contributed by atoms with Crippen LogP contribution in [0.15, 0.2) is 78.0 Å². The largest absolute Gasteiger partial charge is 0.477 e. The molecule has 0 spiro atoms. The van der Waals surface area contributed by atoms with Crippen molar-refractivity contribution in [3.63, 3.8) is 0 Å². The van der Waals surface area contributed by atoms with E-state index in [4.69, 9.17) is 33.4 Å². The van der Waals surface area contributed by atoms with Crippen LogP contribution < -0.4 is 20.1 Å². The van der Waals surface area contributed by atoms with Crippen molar-refractivity contribution in [3.05, 3.63) is 101 Å². The van der Waals surface area contributed by atoms with Crippen LogP contribution in [0.25, 0.3) is 0 Å². The molecule has 1 aliphatic carbocycles. The molecule has 5 amide bonds. The van der Waals surface area contributed by atoms with E-state index in [1.165, 1.54) is 12.1 Å². The van der Waals surface area contributed by atoms with Gasteiger partial charge in [0.1, 0.15) is 29.9 Å². The van der Waals surface area contributed by atoms with Crippen molar-refractivity contribution in [2.24, 2.45) is 5.16 Å². The Bertz CT molecular complexity index is 2820. The zero-order chi connectivity index (χ0) is 50.1. The van der Waals surface area contributed by atoms with Crippen molar-refractivity contribution in [2.45, 2.75) is 101 Å². The maximum atomic E-state index is 14.1. The number of imide groups is 1. The number of oxime groups is 1. The summed E-state index contributed by atoms with van der Waals surface area (Å²) < 4.78 is 33.0. The fourth-order valence-electron chi connectivity index (χ4n) is 7.85. The van der Waals surface area contributed by atoms with E-state index in [0.717, 1.165) is 0 Å². The quantitative estimate of drug-likeness (QED) is 0.0598. The first-order valence-electron chi connectivity index (χ1n) is 21.7. The molecule has 2 saturated heterocycles. The molecule has 1 aromatic heterocycles. The van der Waals surface area contributed by atoms with Gasteiger partial charge in [-0.1, -0.05) is 65.8 Å². The molecule has 3 atom stereocenters. The molecule has 1 unspecified atom stereocenters. The van der Waals surface area contributed by atoms with Crippen LogP contribution in [0, 0.1) is 0 Å². The number of carbonyl (C=O) groups is 8. The second-order valence-electron chi connectivity index (χ2n) is 18.6. The molecule has 1 saturated carbocycles. The summed E-state index contributed by atoms with van der Waals surface area (Å²) in [6.45, 7) is 9.13. The van der Waals surface area contributed by atoms with Crippen molar-refractivity contribution in [1.82, 2.24) is 24.6 Å². The number of carboxylic acids is 1. The molecular formula is C46H43N7O16S. The zero-order valence-electron chi connectivity index (χ0n) is 38.1. The van der Waals surface area contributed by atoms with E-state index >= 15 is 0 Å². The highest BCUT2D eigenvalue weighted by Crippen LogP contribution is 2.50. The Balaban J connectivity index is 0.930. The second-order valence-corrected chi connectivity index (χ2v) is 19.4. The fourth-order valence-corrected chi connectivity index (χ4v) is 8.41. The van der Waals surface area contributed by atoms with Crippen molar-refractivity contribution in [2.75, 3.05) is 11.9 Å². The van der Waals surface area contributed by atoms with E-state index in [2.05, 4.69) is 25.1 Å². The van der Waals surface area contributed by atoms with Gasteiger partial charge in [0.25, 0.3) is 23.6 Å². The summed E-state index contributed by atoms with van der Waals surface area (Å²) in [6, 6.07) is 17.0. The number of hydrogen-bond acceptors (Lipinski definition) is 19. The highest BCUT2D eigenvalue weighted by atomic mass is 32.1. The number of hydroxylamine groups is 2. The number of esters is 2. The minimum absolute atomic E-state index is 0.103. The standard InChI is InChI=1S/C46H43N7O16S/c1-42(2,3)67-39(61)44(17-18-44)69-50-31(32-48-40(70-51-32)49-41(62)68-43(4,5)6)33(54)47-27-22-63-53(36(27)57)45(38(59)60)21-28(37(58)66-45)52-34(55)25-19-29-30(20-26(25)35(52)56)65-46(64-29,23-13-9-7-10-14-23)24-15-11-8-12-16-24/h7-16,19-20,27-28H,17-18,21-22H2,1-6H3,(H,47,54)(H,59,60)(H,48,49,51,62)/t27-,28-,45?/m0/s1. The Morgan fingerprint density at radius 3 is 1.93 bits per heavy atom. The van der Waals surface area contributed by atoms with Crippen LogP contribution in [0.5, 0.6) is 11.5 Å². The molecule has 24 heteroatoms. The molecule has 4 aromatic rings. The highest BCUT2D eigenvalue weighted by Gasteiger charge is 2.65. The number of nitrogens with one attached hydrogen (secondary N) is 2. The molecule has 3 fully saturated rings. The zero-order valence-corrected chi connectivity index (χ0v) is 38.9. The highest BCUT2D eigenvalue weighted by molar-refractivity contribution is 7.10. The van der Waals surface area contributed by atoms with Crippen molar-refractivity contribution in [3.8, 4) is 11.5 Å². The predicted octanol–water partition coefficient (Wildman–Crippen LogP) is 3.80. The summed E-state index contributed by atoms with van der Waals surface area (Å²) in [5.74, 6) is -10.1. The SMILES string of the molecule is CC(C)(C)OC(=O)Nc1nc(C(=NOC2(C(=O)OC(C)(C)C)CC2)C(=O)N[C@H]2CON(C3(C(=O)O)C[C@H](N4C(=O)c5cc6c(cc5C4=O)OC(c4ccccc4)(c4ccccc4)O6)C(=O)O3)C2=O)ns1. The number of benzene rings is 3. The van der Waals surface area contributed by atoms with Gasteiger partial charge >= 0.3 is 35.5 Å². The smallest absolute Gasteiger partial charge is 0.414 e. The van der Waals surface area contributed by atoms with Crippen LogP contribution in [0.1, 0.15) is 98.5 Å². The number of aliphatic carboxylic acids is 1. The number of fused-ring (bicyclic) bond motifs is 2. The Morgan fingerprint density at radius 2 is 1.40 bits per heavy atom. The lowest BCUT2D eigenvalue weighted by molar-refractivity contribution is -0.256. The minimum atomic E-state index is -2.95. The van der Waals surface area contributed by atoms with Gasteiger partial charge in [0.05, 0.1) is 17.5 Å². The van der Waals surface area contributed by atoms with E-state index in [9.17, 15) is 43.5 Å². The molecule has 0 bridgehead atoms. The molecule has 5 heterocycles. The van der Waals surface area contributed by atoms with Gasteiger partial charge in [-0.3, -0.25) is 34.2 Å². The average molecular weight is 982 g/mol. The summed E-state index contributed by atoms with van der Waals surface area (Å²) >= 11 is 0.627. The predicted molar refractivity (Wildman–Crippen MR) is 237 cm³/mol. The molecule has 3 aromatic carbocycles. The Kier molecular flexibility index (Phi) is 11.4. The van der Waals surface area contributed by atoms with Crippen molar-refractivity contribution < 1.29 is 76.8 Å². The van der Waals surface area contributed by atoms with E-state index in [-0.39, 0.29) is 45.7 Å². The van der Waals surface area contributed by atoms with Gasteiger partial charge in [0.2, 0.25) is 22.3 Å². The lowest BCUT2D eigenvalue weighted by Gasteiger charge is -2.30.